The Morgan fingerprint density at radius 3 is 2.89 bits per heavy atom. The Balaban J connectivity index is 1.45. The average Bonchev–Trinajstić information content (AvgIpc) is 3.54. The first kappa shape index (κ1) is 22.3. The number of nitrogens with zero attached hydrogens (tertiary/aromatic N) is 6. The molecule has 0 radical (unpaired) electrons. The van der Waals surface area contributed by atoms with Crippen molar-refractivity contribution in [1.29, 1.82) is 0 Å². The van der Waals surface area contributed by atoms with Gasteiger partial charge in [-0.05, 0) is 30.7 Å². The van der Waals surface area contributed by atoms with Gasteiger partial charge in [-0.15, -0.1) is 0 Å². The van der Waals surface area contributed by atoms with Crippen LogP contribution in [-0.4, -0.2) is 41.3 Å². The second-order valence-electron chi connectivity index (χ2n) is 8.04. The summed E-state index contributed by atoms with van der Waals surface area (Å²) in [4.78, 5) is 40.0. The number of aromatic nitrogens is 5. The Bertz CT molecular complexity index is 1440. The van der Waals surface area contributed by atoms with Crippen molar-refractivity contribution in [2.75, 3.05) is 11.1 Å². The van der Waals surface area contributed by atoms with Gasteiger partial charge < -0.3 is 20.7 Å². The summed E-state index contributed by atoms with van der Waals surface area (Å²) >= 11 is 0. The fourth-order valence-electron chi connectivity index (χ4n) is 3.99. The van der Waals surface area contributed by atoms with Crippen LogP contribution in [0.5, 0.6) is 0 Å². The molecule has 12 heteroatoms. The van der Waals surface area contributed by atoms with E-state index in [-0.39, 0.29) is 25.5 Å². The molecule has 1 aliphatic heterocycles. The number of carbonyl (C=O) groups excluding carboxylic acids is 2. The molecule has 5 heterocycles. The van der Waals surface area contributed by atoms with E-state index in [0.717, 1.165) is 0 Å². The zero-order chi connectivity index (χ0) is 24.5. The van der Waals surface area contributed by atoms with Crippen molar-refractivity contribution in [3.63, 3.8) is 0 Å². The van der Waals surface area contributed by atoms with Crippen molar-refractivity contribution in [3.8, 4) is 0 Å². The number of pyridine rings is 3. The summed E-state index contributed by atoms with van der Waals surface area (Å²) in [6.45, 7) is 2.13. The number of ether oxygens (including phenoxy) is 1. The van der Waals surface area contributed by atoms with Crippen LogP contribution in [0.25, 0.3) is 5.65 Å². The van der Waals surface area contributed by atoms with Crippen molar-refractivity contribution in [2.45, 2.75) is 32.7 Å². The van der Waals surface area contributed by atoms with E-state index in [1.165, 1.54) is 35.8 Å². The molecule has 4 aromatic rings. The number of rotatable bonds is 5. The summed E-state index contributed by atoms with van der Waals surface area (Å²) in [5.41, 5.74) is 8.90. The van der Waals surface area contributed by atoms with E-state index in [1.54, 1.807) is 29.8 Å². The van der Waals surface area contributed by atoms with Crippen molar-refractivity contribution >= 4 is 29.0 Å². The fraction of sp³-hybridized carbons (Fsp3) is 0.217. The van der Waals surface area contributed by atoms with Crippen LogP contribution in [-0.2, 0) is 34.1 Å². The lowest BCUT2D eigenvalue weighted by Crippen LogP contribution is -2.41. The van der Waals surface area contributed by atoms with E-state index >= 15 is 0 Å². The highest BCUT2D eigenvalue weighted by molar-refractivity contribution is 6.39. The molecule has 3 N–H and O–H groups in total. The van der Waals surface area contributed by atoms with Gasteiger partial charge in [-0.1, -0.05) is 6.07 Å². The maximum Gasteiger partial charge on any atom is 0.313 e. The number of nitrogen functional groups attached to an aromatic ring is 1. The Labute approximate surface area is 198 Å². The average molecular weight is 476 g/mol. The summed E-state index contributed by atoms with van der Waals surface area (Å²) < 4.78 is 21.5. The van der Waals surface area contributed by atoms with Crippen LogP contribution in [0.1, 0.15) is 35.3 Å². The molecule has 1 unspecified atom stereocenters. The SMILES string of the molecule is CC(c1ncccc1F)N(Cc1ccc2ncnn2c1)C(=O)C(=O)Nc1cnc(N)c2c1COC2. The smallest absolute Gasteiger partial charge is 0.313 e. The van der Waals surface area contributed by atoms with Gasteiger partial charge in [-0.2, -0.15) is 5.10 Å². The number of anilines is 2. The van der Waals surface area contributed by atoms with Gasteiger partial charge in [-0.3, -0.25) is 14.6 Å². The molecule has 0 saturated carbocycles. The summed E-state index contributed by atoms with van der Waals surface area (Å²) in [7, 11) is 0. The second kappa shape index (κ2) is 9.06. The molecule has 2 amide bonds. The van der Waals surface area contributed by atoms with Crippen molar-refractivity contribution in [2.24, 2.45) is 0 Å². The quantitative estimate of drug-likeness (QED) is 0.417. The van der Waals surface area contributed by atoms with Crippen molar-refractivity contribution < 1.29 is 18.7 Å². The van der Waals surface area contributed by atoms with Crippen molar-refractivity contribution in [3.05, 3.63) is 77.4 Å². The maximum atomic E-state index is 14.5. The summed E-state index contributed by atoms with van der Waals surface area (Å²) in [5, 5.41) is 6.71. The lowest BCUT2D eigenvalue weighted by Gasteiger charge is -2.28. The fourth-order valence-corrected chi connectivity index (χ4v) is 3.99. The molecule has 0 aromatic carbocycles. The van der Waals surface area contributed by atoms with Gasteiger partial charge in [0.25, 0.3) is 0 Å². The first-order valence-corrected chi connectivity index (χ1v) is 10.8. The topological polar surface area (TPSA) is 141 Å². The molecule has 4 aromatic heterocycles. The number of halogens is 1. The van der Waals surface area contributed by atoms with E-state index in [0.29, 0.717) is 33.8 Å². The summed E-state index contributed by atoms with van der Waals surface area (Å²) in [5.74, 6) is -2.05. The van der Waals surface area contributed by atoms with Crippen LogP contribution in [0.15, 0.2) is 49.2 Å². The molecular formula is C23H21FN8O3. The third-order valence-electron chi connectivity index (χ3n) is 5.87. The van der Waals surface area contributed by atoms with E-state index in [2.05, 4.69) is 25.4 Å². The Morgan fingerprint density at radius 1 is 1.23 bits per heavy atom. The lowest BCUT2D eigenvalue weighted by molar-refractivity contribution is -0.145. The largest absolute Gasteiger partial charge is 0.383 e. The number of hydrogen-bond donors (Lipinski definition) is 2. The van der Waals surface area contributed by atoms with E-state index in [9.17, 15) is 14.0 Å². The first-order chi connectivity index (χ1) is 16.9. The van der Waals surface area contributed by atoms with E-state index in [1.807, 2.05) is 0 Å². The number of amides is 2. The number of fused-ring (bicyclic) bond motifs is 2. The molecule has 1 aliphatic rings. The van der Waals surface area contributed by atoms with Crippen LogP contribution in [0.2, 0.25) is 0 Å². The van der Waals surface area contributed by atoms with Gasteiger partial charge in [-0.25, -0.2) is 18.9 Å². The number of nitrogens with two attached hydrogens (primary N) is 1. The van der Waals surface area contributed by atoms with Crippen LogP contribution in [0.4, 0.5) is 15.9 Å². The maximum absolute atomic E-state index is 14.5. The third-order valence-corrected chi connectivity index (χ3v) is 5.87. The normalized spacial score (nSPS) is 13.4. The third kappa shape index (κ3) is 4.26. The first-order valence-electron chi connectivity index (χ1n) is 10.8. The molecule has 0 spiro atoms. The molecule has 0 aliphatic carbocycles. The molecule has 35 heavy (non-hydrogen) atoms. The van der Waals surface area contributed by atoms with Gasteiger partial charge in [0, 0.05) is 30.1 Å². The van der Waals surface area contributed by atoms with Crippen LogP contribution in [0.3, 0.4) is 0 Å². The van der Waals surface area contributed by atoms with Gasteiger partial charge in [0.15, 0.2) is 5.65 Å². The lowest BCUT2D eigenvalue weighted by atomic mass is 10.1. The Morgan fingerprint density at radius 2 is 2.06 bits per heavy atom. The monoisotopic (exact) mass is 476 g/mol. The molecule has 5 rings (SSSR count). The molecular weight excluding hydrogens is 455 g/mol. The highest BCUT2D eigenvalue weighted by Gasteiger charge is 2.31. The molecule has 0 saturated heterocycles. The number of nitrogens with one attached hydrogen (secondary N) is 1. The van der Waals surface area contributed by atoms with Crippen LogP contribution >= 0.6 is 0 Å². The highest BCUT2D eigenvalue weighted by Crippen LogP contribution is 2.30. The zero-order valence-electron chi connectivity index (χ0n) is 18.7. The number of hydrogen-bond acceptors (Lipinski definition) is 8. The predicted molar refractivity (Wildman–Crippen MR) is 122 cm³/mol. The molecule has 1 atom stereocenters. The summed E-state index contributed by atoms with van der Waals surface area (Å²) in [6, 6.07) is 5.37. The number of carbonyl (C=O) groups is 2. The standard InChI is InChI=1S/C23H21FN8O3/c1-13(20-17(24)3-2-6-26-20)31(8-14-4-5-19-28-12-29-32(19)9-14)23(34)22(33)30-18-7-27-21(25)16-11-35-10-15(16)18/h2-7,9,12-13H,8,10-11H2,1H3,(H2,25,27)(H,30,33). The minimum atomic E-state index is -0.907. The van der Waals surface area contributed by atoms with E-state index in [4.69, 9.17) is 10.5 Å². The summed E-state index contributed by atoms with van der Waals surface area (Å²) in [6.07, 6.45) is 5.92. The Kier molecular flexibility index (Phi) is 5.79. The molecule has 0 fully saturated rings. The zero-order valence-corrected chi connectivity index (χ0v) is 18.7. The minimum Gasteiger partial charge on any atom is -0.383 e. The van der Waals surface area contributed by atoms with Gasteiger partial charge in [0.1, 0.15) is 18.0 Å². The van der Waals surface area contributed by atoms with Crippen molar-refractivity contribution in [1.82, 2.24) is 29.5 Å². The van der Waals surface area contributed by atoms with Gasteiger partial charge in [0.2, 0.25) is 0 Å². The van der Waals surface area contributed by atoms with E-state index < -0.39 is 23.7 Å². The minimum absolute atomic E-state index is 0.000437. The highest BCUT2D eigenvalue weighted by atomic mass is 19.1. The molecule has 11 nitrogen and oxygen atoms in total. The molecule has 0 bridgehead atoms. The van der Waals surface area contributed by atoms with Gasteiger partial charge >= 0.3 is 11.8 Å². The predicted octanol–water partition coefficient (Wildman–Crippen LogP) is 2.00. The molecule has 178 valence electrons. The second-order valence-corrected chi connectivity index (χ2v) is 8.04. The van der Waals surface area contributed by atoms with Crippen LogP contribution < -0.4 is 11.1 Å². The van der Waals surface area contributed by atoms with Gasteiger partial charge in [0.05, 0.1) is 36.8 Å². The van der Waals surface area contributed by atoms with Crippen LogP contribution in [0, 0.1) is 5.82 Å². The Hall–Kier alpha value is -4.45.